The molecule has 1 aliphatic heterocycles. The van der Waals surface area contributed by atoms with Gasteiger partial charge in [0, 0.05) is 18.2 Å². The molecule has 0 aliphatic carbocycles. The Labute approximate surface area is 187 Å². The zero-order valence-corrected chi connectivity index (χ0v) is 18.3. The van der Waals surface area contributed by atoms with Crippen molar-refractivity contribution in [3.63, 3.8) is 0 Å². The Hall–Kier alpha value is -3.66. The fourth-order valence-electron chi connectivity index (χ4n) is 3.79. The third kappa shape index (κ3) is 5.33. The Balaban J connectivity index is 1.67. The fraction of sp³-hybridized carbons (Fsp3) is 0.360. The summed E-state index contributed by atoms with van der Waals surface area (Å²) >= 11 is 0. The molecule has 2 aromatic carbocycles. The summed E-state index contributed by atoms with van der Waals surface area (Å²) in [5.74, 6) is -2.62. The highest BCUT2D eigenvalue weighted by Gasteiger charge is 2.52. The molecule has 1 saturated heterocycles. The second-order valence-electron chi connectivity index (χ2n) is 8.18. The first-order chi connectivity index (χ1) is 15.4. The molecular formula is C25H27N3O4. The first-order valence-corrected chi connectivity index (χ1v) is 10.8. The van der Waals surface area contributed by atoms with Gasteiger partial charge in [0.15, 0.2) is 11.7 Å². The van der Waals surface area contributed by atoms with Gasteiger partial charge in [-0.05, 0) is 43.2 Å². The molecule has 2 aromatic rings. The molecule has 32 heavy (non-hydrogen) atoms. The van der Waals surface area contributed by atoms with Gasteiger partial charge in [0.25, 0.3) is 0 Å². The average Bonchev–Trinajstić information content (AvgIpc) is 2.99. The van der Waals surface area contributed by atoms with Crippen molar-refractivity contribution in [2.75, 3.05) is 11.9 Å². The van der Waals surface area contributed by atoms with E-state index < -0.39 is 29.1 Å². The van der Waals surface area contributed by atoms with Crippen LogP contribution in [-0.2, 0) is 20.8 Å². The largest absolute Gasteiger partial charge is 0.494 e. The Kier molecular flexibility index (Phi) is 7.26. The van der Waals surface area contributed by atoms with Gasteiger partial charge in [-0.1, -0.05) is 38.0 Å². The monoisotopic (exact) mass is 433 g/mol. The maximum Gasteiger partial charge on any atom is 0.244 e. The summed E-state index contributed by atoms with van der Waals surface area (Å²) in [6, 6.07) is 15.8. The molecule has 2 unspecified atom stereocenters. The topological polar surface area (TPSA) is 108 Å². The van der Waals surface area contributed by atoms with Gasteiger partial charge in [-0.15, -0.1) is 0 Å². The van der Waals surface area contributed by atoms with Crippen LogP contribution >= 0.6 is 0 Å². The van der Waals surface area contributed by atoms with E-state index in [9.17, 15) is 14.4 Å². The number of Topliss-reactive ketones (excluding diaryl/α,β-unsaturated/α-hetero) is 1. The smallest absolute Gasteiger partial charge is 0.244 e. The molecule has 2 amide bonds. The molecule has 1 heterocycles. The number of nitriles is 1. The number of nitrogens with one attached hydrogen (secondary N) is 2. The number of hydrogen-bond acceptors (Lipinski definition) is 5. The van der Waals surface area contributed by atoms with Crippen LogP contribution in [0.2, 0.25) is 0 Å². The van der Waals surface area contributed by atoms with Gasteiger partial charge < -0.3 is 15.4 Å². The molecule has 0 bridgehead atoms. The van der Waals surface area contributed by atoms with Crippen LogP contribution in [0, 0.1) is 17.2 Å². The number of amides is 2. The van der Waals surface area contributed by atoms with Crippen molar-refractivity contribution in [1.29, 1.82) is 5.26 Å². The summed E-state index contributed by atoms with van der Waals surface area (Å²) in [5, 5.41) is 14.4. The quantitative estimate of drug-likeness (QED) is 0.466. The van der Waals surface area contributed by atoms with Crippen molar-refractivity contribution >= 4 is 23.3 Å². The van der Waals surface area contributed by atoms with Crippen LogP contribution in [0.15, 0.2) is 48.5 Å². The predicted molar refractivity (Wildman–Crippen MR) is 120 cm³/mol. The third-order valence-electron chi connectivity index (χ3n) is 5.46. The molecule has 1 aliphatic rings. The van der Waals surface area contributed by atoms with E-state index in [4.69, 9.17) is 10.00 Å². The van der Waals surface area contributed by atoms with Gasteiger partial charge in [0.05, 0.1) is 18.2 Å². The summed E-state index contributed by atoms with van der Waals surface area (Å²) in [6.45, 7) is 4.30. The van der Waals surface area contributed by atoms with Crippen LogP contribution < -0.4 is 15.4 Å². The van der Waals surface area contributed by atoms with Gasteiger partial charge in [0.2, 0.25) is 11.8 Å². The van der Waals surface area contributed by atoms with Crippen molar-refractivity contribution in [2.24, 2.45) is 5.92 Å². The third-order valence-corrected chi connectivity index (χ3v) is 5.46. The van der Waals surface area contributed by atoms with Gasteiger partial charge >= 0.3 is 0 Å². The number of carbonyl (C=O) groups excluding carboxylic acids is 3. The fourth-order valence-corrected chi connectivity index (χ4v) is 3.79. The van der Waals surface area contributed by atoms with E-state index in [1.165, 1.54) is 0 Å². The number of anilines is 1. The van der Waals surface area contributed by atoms with E-state index in [2.05, 4.69) is 23.6 Å². The molecule has 1 fully saturated rings. The number of rotatable bonds is 9. The Morgan fingerprint density at radius 3 is 2.72 bits per heavy atom. The van der Waals surface area contributed by atoms with Gasteiger partial charge in [-0.3, -0.25) is 14.4 Å². The minimum absolute atomic E-state index is 0.192. The Morgan fingerprint density at radius 2 is 1.97 bits per heavy atom. The van der Waals surface area contributed by atoms with E-state index in [1.54, 1.807) is 55.5 Å². The van der Waals surface area contributed by atoms with Gasteiger partial charge in [-0.2, -0.15) is 5.26 Å². The molecule has 7 heteroatoms. The molecule has 3 rings (SSSR count). The van der Waals surface area contributed by atoms with Gasteiger partial charge in [-0.25, -0.2) is 0 Å². The number of ether oxygens (including phenoxy) is 1. The molecule has 0 spiro atoms. The number of ketones is 1. The molecule has 0 aromatic heterocycles. The van der Waals surface area contributed by atoms with Gasteiger partial charge in [0.1, 0.15) is 11.3 Å². The summed E-state index contributed by atoms with van der Waals surface area (Å²) < 4.78 is 5.70. The minimum Gasteiger partial charge on any atom is -0.494 e. The van der Waals surface area contributed by atoms with E-state index in [-0.39, 0.29) is 6.42 Å². The molecule has 2 N–H and O–H groups in total. The van der Waals surface area contributed by atoms with Crippen LogP contribution in [0.1, 0.15) is 44.2 Å². The highest BCUT2D eigenvalue weighted by molar-refractivity contribution is 6.27. The van der Waals surface area contributed by atoms with Crippen LogP contribution in [0.5, 0.6) is 5.75 Å². The maximum atomic E-state index is 13.1. The molecule has 166 valence electrons. The number of carbonyl (C=O) groups is 3. The SMILES string of the molecule is CCCCCOc1cccc(NC(=O)C2C(=O)NC(C)(Cc3cccc(C#N)c3)C2=O)c1. The summed E-state index contributed by atoms with van der Waals surface area (Å²) in [5.41, 5.74) is 0.430. The van der Waals surface area contributed by atoms with Crippen molar-refractivity contribution in [1.82, 2.24) is 5.32 Å². The lowest BCUT2D eigenvalue weighted by molar-refractivity contribution is -0.135. The highest BCUT2D eigenvalue weighted by atomic mass is 16.5. The Bertz CT molecular complexity index is 1060. The normalized spacial score (nSPS) is 19.8. The number of benzene rings is 2. The standard InChI is InChI=1S/C25H27N3O4/c1-3-4-5-12-32-20-11-7-10-19(14-20)27-23(30)21-22(29)25(2,28-24(21)31)15-17-8-6-9-18(13-17)16-26/h6-11,13-14,21H,3-5,12,15H2,1-2H3,(H,27,30)(H,28,31). The second-order valence-corrected chi connectivity index (χ2v) is 8.18. The molecule has 0 saturated carbocycles. The van der Waals surface area contributed by atoms with E-state index in [0.29, 0.717) is 23.6 Å². The van der Waals surface area contributed by atoms with Crippen LogP contribution in [0.3, 0.4) is 0 Å². The molecule has 0 radical (unpaired) electrons. The second kappa shape index (κ2) is 10.1. The highest BCUT2D eigenvalue weighted by Crippen LogP contribution is 2.27. The molecule has 2 atom stereocenters. The zero-order chi connectivity index (χ0) is 23.1. The molecular weight excluding hydrogens is 406 g/mol. The van der Waals surface area contributed by atoms with Crippen molar-refractivity contribution in [3.05, 3.63) is 59.7 Å². The number of hydrogen-bond donors (Lipinski definition) is 2. The van der Waals surface area contributed by atoms with Crippen molar-refractivity contribution in [2.45, 2.75) is 45.1 Å². The van der Waals surface area contributed by atoms with E-state index >= 15 is 0 Å². The lowest BCUT2D eigenvalue weighted by Gasteiger charge is -2.22. The lowest BCUT2D eigenvalue weighted by Crippen LogP contribution is -2.45. The Morgan fingerprint density at radius 1 is 1.19 bits per heavy atom. The van der Waals surface area contributed by atoms with Crippen molar-refractivity contribution < 1.29 is 19.1 Å². The maximum absolute atomic E-state index is 13.1. The van der Waals surface area contributed by atoms with E-state index in [0.717, 1.165) is 24.8 Å². The van der Waals surface area contributed by atoms with Crippen LogP contribution in [0.25, 0.3) is 0 Å². The summed E-state index contributed by atoms with van der Waals surface area (Å²) in [6.07, 6.45) is 3.31. The average molecular weight is 434 g/mol. The summed E-state index contributed by atoms with van der Waals surface area (Å²) in [4.78, 5) is 38.4. The van der Waals surface area contributed by atoms with E-state index in [1.807, 2.05) is 0 Å². The minimum atomic E-state index is -1.44. The van der Waals surface area contributed by atoms with Crippen LogP contribution in [0.4, 0.5) is 5.69 Å². The zero-order valence-electron chi connectivity index (χ0n) is 18.3. The first-order valence-electron chi connectivity index (χ1n) is 10.8. The number of unbranched alkanes of at least 4 members (excludes halogenated alkanes) is 2. The first kappa shape index (κ1) is 23.0. The van der Waals surface area contributed by atoms with Crippen LogP contribution in [-0.4, -0.2) is 29.7 Å². The summed E-state index contributed by atoms with van der Waals surface area (Å²) in [7, 11) is 0. The number of nitrogens with zero attached hydrogens (tertiary/aromatic N) is 1. The predicted octanol–water partition coefficient (Wildman–Crippen LogP) is 3.38. The molecule has 7 nitrogen and oxygen atoms in total. The van der Waals surface area contributed by atoms with Crippen molar-refractivity contribution in [3.8, 4) is 11.8 Å². The lowest BCUT2D eigenvalue weighted by atomic mass is 9.86.